The minimum atomic E-state index is -3.94. The predicted octanol–water partition coefficient (Wildman–Crippen LogP) is 1.29. The molecule has 1 N–H and O–H groups in total. The lowest BCUT2D eigenvalue weighted by molar-refractivity contribution is -0.137. The Morgan fingerprint density at radius 1 is 1.53 bits per heavy atom. The van der Waals surface area contributed by atoms with E-state index in [4.69, 9.17) is 5.11 Å². The van der Waals surface area contributed by atoms with Crippen LogP contribution in [0.4, 0.5) is 4.39 Å². The molecule has 0 aliphatic rings. The monoisotopic (exact) mass is 325 g/mol. The van der Waals surface area contributed by atoms with Crippen molar-refractivity contribution in [3.05, 3.63) is 28.5 Å². The van der Waals surface area contributed by atoms with Crippen molar-refractivity contribution in [1.82, 2.24) is 4.31 Å². The van der Waals surface area contributed by atoms with E-state index in [2.05, 4.69) is 15.9 Å². The fourth-order valence-corrected chi connectivity index (χ4v) is 3.25. The van der Waals surface area contributed by atoms with Crippen molar-refractivity contribution < 1.29 is 22.7 Å². The second-order valence-corrected chi connectivity index (χ2v) is 6.10. The average molecular weight is 326 g/mol. The number of likely N-dealkylation sites (N-methyl/N-ethyl adjacent to an activating group) is 1. The molecule has 0 bridgehead atoms. The van der Waals surface area contributed by atoms with Gasteiger partial charge in [0.25, 0.3) is 0 Å². The van der Waals surface area contributed by atoms with E-state index in [0.717, 1.165) is 25.2 Å². The zero-order chi connectivity index (χ0) is 13.2. The highest BCUT2D eigenvalue weighted by molar-refractivity contribution is 9.10. The number of hydrogen-bond donors (Lipinski definition) is 1. The molecule has 0 aliphatic carbocycles. The molecular formula is C9H9BrFNO4S. The van der Waals surface area contributed by atoms with Crippen LogP contribution in [0.5, 0.6) is 0 Å². The van der Waals surface area contributed by atoms with Crippen LogP contribution in [-0.4, -0.2) is 37.4 Å². The Morgan fingerprint density at radius 3 is 2.59 bits per heavy atom. The predicted molar refractivity (Wildman–Crippen MR) is 61.6 cm³/mol. The fourth-order valence-electron chi connectivity index (χ4n) is 1.13. The number of sulfonamides is 1. The van der Waals surface area contributed by atoms with Gasteiger partial charge in [-0.05, 0) is 34.1 Å². The molecule has 17 heavy (non-hydrogen) atoms. The maximum absolute atomic E-state index is 12.8. The molecule has 0 saturated carbocycles. The molecule has 0 fully saturated rings. The quantitative estimate of drug-likeness (QED) is 0.905. The number of carbonyl (C=O) groups is 1. The topological polar surface area (TPSA) is 74.7 Å². The van der Waals surface area contributed by atoms with Crippen LogP contribution in [0.2, 0.25) is 0 Å². The van der Waals surface area contributed by atoms with Gasteiger partial charge >= 0.3 is 5.97 Å². The lowest BCUT2D eigenvalue weighted by atomic mass is 10.3. The Morgan fingerprint density at radius 2 is 2.12 bits per heavy atom. The van der Waals surface area contributed by atoms with Crippen molar-refractivity contribution in [1.29, 1.82) is 0 Å². The number of carboxylic acids is 1. The summed E-state index contributed by atoms with van der Waals surface area (Å²) in [6.45, 7) is -0.661. The number of hydrogen-bond acceptors (Lipinski definition) is 3. The zero-order valence-corrected chi connectivity index (χ0v) is 11.1. The average Bonchev–Trinajstić information content (AvgIpc) is 2.15. The lowest BCUT2D eigenvalue weighted by Gasteiger charge is -2.15. The number of halogens is 2. The van der Waals surface area contributed by atoms with Gasteiger partial charge < -0.3 is 5.11 Å². The van der Waals surface area contributed by atoms with Crippen molar-refractivity contribution in [2.24, 2.45) is 0 Å². The summed E-state index contributed by atoms with van der Waals surface area (Å²) in [6.07, 6.45) is 0. The summed E-state index contributed by atoms with van der Waals surface area (Å²) in [5.74, 6) is -1.86. The molecule has 0 atom stereocenters. The van der Waals surface area contributed by atoms with Crippen LogP contribution in [0.1, 0.15) is 0 Å². The molecule has 0 aromatic heterocycles. The maximum Gasteiger partial charge on any atom is 0.318 e. The summed E-state index contributed by atoms with van der Waals surface area (Å²) >= 11 is 2.92. The van der Waals surface area contributed by atoms with Gasteiger partial charge in [-0.3, -0.25) is 4.79 Å². The third kappa shape index (κ3) is 3.24. The number of aliphatic carboxylic acids is 1. The number of rotatable bonds is 4. The van der Waals surface area contributed by atoms with E-state index in [9.17, 15) is 17.6 Å². The van der Waals surface area contributed by atoms with E-state index in [1.54, 1.807) is 0 Å². The van der Waals surface area contributed by atoms with Gasteiger partial charge in [-0.15, -0.1) is 0 Å². The minimum Gasteiger partial charge on any atom is -0.480 e. The van der Waals surface area contributed by atoms with Crippen molar-refractivity contribution in [2.75, 3.05) is 13.6 Å². The minimum absolute atomic E-state index is 0.0507. The Labute approximate surface area is 106 Å². The van der Waals surface area contributed by atoms with Crippen LogP contribution in [0.15, 0.2) is 27.6 Å². The first kappa shape index (κ1) is 14.1. The molecule has 0 radical (unpaired) electrons. The van der Waals surface area contributed by atoms with Crippen LogP contribution >= 0.6 is 15.9 Å². The molecule has 1 aromatic rings. The first-order valence-corrected chi connectivity index (χ1v) is 6.61. The van der Waals surface area contributed by atoms with Gasteiger partial charge in [-0.25, -0.2) is 12.8 Å². The molecule has 1 rings (SSSR count). The van der Waals surface area contributed by atoms with Crippen LogP contribution in [-0.2, 0) is 14.8 Å². The van der Waals surface area contributed by atoms with Gasteiger partial charge in [0.2, 0.25) is 10.0 Å². The van der Waals surface area contributed by atoms with Gasteiger partial charge in [0.15, 0.2) is 0 Å². The van der Waals surface area contributed by atoms with Crippen LogP contribution in [0.25, 0.3) is 0 Å². The van der Waals surface area contributed by atoms with E-state index in [1.165, 1.54) is 0 Å². The van der Waals surface area contributed by atoms with Crippen molar-refractivity contribution in [3.8, 4) is 0 Å². The zero-order valence-electron chi connectivity index (χ0n) is 8.72. The van der Waals surface area contributed by atoms with Gasteiger partial charge in [-0.1, -0.05) is 0 Å². The summed E-state index contributed by atoms with van der Waals surface area (Å²) in [5, 5.41) is 8.53. The molecule has 0 amide bonds. The largest absolute Gasteiger partial charge is 0.480 e. The van der Waals surface area contributed by atoms with Gasteiger partial charge in [-0.2, -0.15) is 4.31 Å². The normalized spacial score (nSPS) is 11.8. The molecule has 0 saturated heterocycles. The standard InChI is InChI=1S/C9H9BrFNO4S/c1-12(5-9(13)14)17(15,16)8-3-2-6(11)4-7(8)10/h2-4H,5H2,1H3,(H,13,14). The van der Waals surface area contributed by atoms with E-state index >= 15 is 0 Å². The van der Waals surface area contributed by atoms with Gasteiger partial charge in [0, 0.05) is 11.5 Å². The summed E-state index contributed by atoms with van der Waals surface area (Å²) in [7, 11) is -2.80. The van der Waals surface area contributed by atoms with E-state index in [-0.39, 0.29) is 9.37 Å². The van der Waals surface area contributed by atoms with E-state index in [0.29, 0.717) is 4.31 Å². The van der Waals surface area contributed by atoms with Crippen LogP contribution in [0.3, 0.4) is 0 Å². The Balaban J connectivity index is 3.17. The molecule has 94 valence electrons. The Bertz CT molecular complexity index is 546. The number of benzene rings is 1. The fraction of sp³-hybridized carbons (Fsp3) is 0.222. The van der Waals surface area contributed by atoms with Crippen LogP contribution in [0, 0.1) is 5.82 Å². The first-order chi connectivity index (χ1) is 7.75. The SMILES string of the molecule is CN(CC(=O)O)S(=O)(=O)c1ccc(F)cc1Br. The maximum atomic E-state index is 12.8. The molecule has 1 aromatic carbocycles. The molecule has 0 heterocycles. The highest BCUT2D eigenvalue weighted by Gasteiger charge is 2.25. The molecule has 0 unspecified atom stereocenters. The molecule has 8 heteroatoms. The number of carboxylic acid groups (broad SMARTS) is 1. The second kappa shape index (κ2) is 5.11. The Kier molecular flexibility index (Phi) is 4.23. The summed E-state index contributed by atoms with van der Waals surface area (Å²) in [6, 6.07) is 3.07. The highest BCUT2D eigenvalue weighted by atomic mass is 79.9. The highest BCUT2D eigenvalue weighted by Crippen LogP contribution is 2.25. The van der Waals surface area contributed by atoms with Crippen molar-refractivity contribution >= 4 is 31.9 Å². The third-order valence-corrected chi connectivity index (χ3v) is 4.72. The smallest absolute Gasteiger partial charge is 0.318 e. The van der Waals surface area contributed by atoms with Crippen molar-refractivity contribution in [2.45, 2.75) is 4.90 Å². The third-order valence-electron chi connectivity index (χ3n) is 1.94. The molecule has 0 aliphatic heterocycles. The second-order valence-electron chi connectivity index (χ2n) is 3.23. The van der Waals surface area contributed by atoms with E-state index < -0.39 is 28.4 Å². The molecule has 5 nitrogen and oxygen atoms in total. The Hall–Kier alpha value is -0.990. The van der Waals surface area contributed by atoms with Crippen molar-refractivity contribution in [3.63, 3.8) is 0 Å². The summed E-state index contributed by atoms with van der Waals surface area (Å²) < 4.78 is 37.4. The molecule has 0 spiro atoms. The van der Waals surface area contributed by atoms with Crippen LogP contribution < -0.4 is 0 Å². The summed E-state index contributed by atoms with van der Waals surface area (Å²) in [4.78, 5) is 10.3. The molecular weight excluding hydrogens is 317 g/mol. The lowest BCUT2D eigenvalue weighted by Crippen LogP contribution is -2.32. The first-order valence-electron chi connectivity index (χ1n) is 4.38. The number of nitrogens with zero attached hydrogens (tertiary/aromatic N) is 1. The van der Waals surface area contributed by atoms with E-state index in [1.807, 2.05) is 0 Å². The van der Waals surface area contributed by atoms with Gasteiger partial charge in [0.05, 0.1) is 4.90 Å². The van der Waals surface area contributed by atoms with Gasteiger partial charge in [0.1, 0.15) is 12.4 Å². The summed E-state index contributed by atoms with van der Waals surface area (Å²) in [5.41, 5.74) is 0.